The van der Waals surface area contributed by atoms with E-state index in [1.165, 1.54) is 0 Å². The fourth-order valence-corrected chi connectivity index (χ4v) is 1.85. The topological polar surface area (TPSA) is 75.6 Å². The second kappa shape index (κ2) is 7.11. The van der Waals surface area contributed by atoms with Crippen LogP contribution in [0.3, 0.4) is 0 Å². The molecule has 21 heavy (non-hydrogen) atoms. The molecule has 0 aliphatic heterocycles. The zero-order valence-electron chi connectivity index (χ0n) is 13.0. The van der Waals surface area contributed by atoms with Gasteiger partial charge >= 0.3 is 5.97 Å². The van der Waals surface area contributed by atoms with E-state index in [2.05, 4.69) is 5.32 Å². The van der Waals surface area contributed by atoms with Crippen molar-refractivity contribution in [2.24, 2.45) is 5.41 Å². The number of aryl methyl sites for hydroxylation is 1. The first-order valence-corrected chi connectivity index (χ1v) is 6.92. The molecule has 1 aromatic rings. The molecule has 0 spiro atoms. The van der Waals surface area contributed by atoms with Gasteiger partial charge in [-0.05, 0) is 30.0 Å². The highest BCUT2D eigenvalue weighted by atomic mass is 16.5. The predicted octanol–water partition coefficient (Wildman–Crippen LogP) is 2.38. The van der Waals surface area contributed by atoms with Gasteiger partial charge in [0.25, 0.3) is 0 Å². The highest BCUT2D eigenvalue weighted by Crippen LogP contribution is 2.19. The summed E-state index contributed by atoms with van der Waals surface area (Å²) in [7, 11) is 0. The van der Waals surface area contributed by atoms with Gasteiger partial charge < -0.3 is 15.2 Å². The zero-order valence-corrected chi connectivity index (χ0v) is 13.0. The normalized spacial score (nSPS) is 12.6. The number of benzene rings is 1. The van der Waals surface area contributed by atoms with E-state index >= 15 is 0 Å². The van der Waals surface area contributed by atoms with E-state index < -0.39 is 17.4 Å². The number of aliphatic carboxylic acids is 1. The van der Waals surface area contributed by atoms with E-state index in [4.69, 9.17) is 9.84 Å². The van der Waals surface area contributed by atoms with Crippen LogP contribution in [0.4, 0.5) is 0 Å². The minimum atomic E-state index is -1.03. The van der Waals surface area contributed by atoms with Crippen LogP contribution in [0.1, 0.15) is 32.8 Å². The second-order valence-corrected chi connectivity index (χ2v) is 6.12. The summed E-state index contributed by atoms with van der Waals surface area (Å²) in [6, 6.07) is 6.63. The van der Waals surface area contributed by atoms with Gasteiger partial charge in [0.05, 0.1) is 13.0 Å². The Hall–Kier alpha value is -2.04. The van der Waals surface area contributed by atoms with E-state index in [0.29, 0.717) is 5.75 Å². The maximum atomic E-state index is 11.8. The quantitative estimate of drug-likeness (QED) is 0.844. The lowest BCUT2D eigenvalue weighted by Gasteiger charge is -2.27. The van der Waals surface area contributed by atoms with Gasteiger partial charge in [-0.2, -0.15) is 0 Å². The van der Waals surface area contributed by atoms with E-state index in [1.807, 2.05) is 31.2 Å². The average molecular weight is 293 g/mol. The van der Waals surface area contributed by atoms with Crippen molar-refractivity contribution < 1.29 is 19.4 Å². The SMILES string of the molecule is Cc1cccc(OCCC(=O)NC(C(=O)O)C(C)(C)C)c1. The molecular weight excluding hydrogens is 270 g/mol. The number of ether oxygens (including phenoxy) is 1. The van der Waals surface area contributed by atoms with Crippen molar-refractivity contribution in [1.29, 1.82) is 0 Å². The number of amides is 1. The van der Waals surface area contributed by atoms with Gasteiger partial charge in [0.15, 0.2) is 0 Å². The largest absolute Gasteiger partial charge is 0.493 e. The first kappa shape index (κ1) is 17.0. The molecule has 2 N–H and O–H groups in total. The Morgan fingerprint density at radius 3 is 2.52 bits per heavy atom. The monoisotopic (exact) mass is 293 g/mol. The molecule has 0 aliphatic rings. The molecule has 5 nitrogen and oxygen atoms in total. The third kappa shape index (κ3) is 5.85. The van der Waals surface area contributed by atoms with Crippen LogP contribution in [0.5, 0.6) is 5.75 Å². The molecule has 0 aromatic heterocycles. The summed E-state index contributed by atoms with van der Waals surface area (Å²) in [6.07, 6.45) is 0.119. The summed E-state index contributed by atoms with van der Waals surface area (Å²) >= 11 is 0. The van der Waals surface area contributed by atoms with Crippen molar-refractivity contribution in [3.05, 3.63) is 29.8 Å². The lowest BCUT2D eigenvalue weighted by atomic mass is 9.86. The predicted molar refractivity (Wildman–Crippen MR) is 80.3 cm³/mol. The molecule has 0 bridgehead atoms. The molecule has 0 fully saturated rings. The Labute approximate surface area is 125 Å². The second-order valence-electron chi connectivity index (χ2n) is 6.12. The van der Waals surface area contributed by atoms with Crippen molar-refractivity contribution >= 4 is 11.9 Å². The van der Waals surface area contributed by atoms with Crippen LogP contribution < -0.4 is 10.1 Å². The van der Waals surface area contributed by atoms with Gasteiger partial charge in [-0.25, -0.2) is 4.79 Å². The van der Waals surface area contributed by atoms with Crippen molar-refractivity contribution in [1.82, 2.24) is 5.32 Å². The first-order valence-electron chi connectivity index (χ1n) is 6.92. The van der Waals surface area contributed by atoms with Crippen molar-refractivity contribution in [2.75, 3.05) is 6.61 Å². The van der Waals surface area contributed by atoms with Crippen LogP contribution >= 0.6 is 0 Å². The molecule has 1 rings (SSSR count). The molecule has 1 atom stereocenters. The summed E-state index contributed by atoms with van der Waals surface area (Å²) in [4.78, 5) is 23.0. The molecule has 0 radical (unpaired) electrons. The van der Waals surface area contributed by atoms with Gasteiger partial charge in [-0.15, -0.1) is 0 Å². The van der Waals surface area contributed by atoms with E-state index in [0.717, 1.165) is 5.56 Å². The smallest absolute Gasteiger partial charge is 0.326 e. The lowest BCUT2D eigenvalue weighted by molar-refractivity contribution is -0.145. The Balaban J connectivity index is 2.45. The number of carbonyl (C=O) groups is 2. The molecule has 1 unspecified atom stereocenters. The highest BCUT2D eigenvalue weighted by molar-refractivity contribution is 5.84. The van der Waals surface area contributed by atoms with Crippen LogP contribution in [0.15, 0.2) is 24.3 Å². The third-order valence-corrected chi connectivity index (χ3v) is 3.01. The van der Waals surface area contributed by atoms with E-state index in [1.54, 1.807) is 20.8 Å². The standard InChI is InChI=1S/C16H23NO4/c1-11-6-5-7-12(10-11)21-9-8-13(18)17-14(15(19)20)16(2,3)4/h5-7,10,14H,8-9H2,1-4H3,(H,17,18)(H,19,20). The number of hydrogen-bond donors (Lipinski definition) is 2. The van der Waals surface area contributed by atoms with Gasteiger partial charge in [-0.1, -0.05) is 32.9 Å². The highest BCUT2D eigenvalue weighted by Gasteiger charge is 2.32. The number of carbonyl (C=O) groups excluding carboxylic acids is 1. The summed E-state index contributed by atoms with van der Waals surface area (Å²) in [5.74, 6) is -0.658. The molecule has 1 amide bonds. The van der Waals surface area contributed by atoms with Crippen LogP contribution in [0.25, 0.3) is 0 Å². The van der Waals surface area contributed by atoms with E-state index in [-0.39, 0.29) is 18.9 Å². The van der Waals surface area contributed by atoms with Crippen LogP contribution in [0.2, 0.25) is 0 Å². The van der Waals surface area contributed by atoms with Gasteiger partial charge in [-0.3, -0.25) is 4.79 Å². The maximum absolute atomic E-state index is 11.8. The molecule has 0 saturated carbocycles. The Morgan fingerprint density at radius 2 is 2.00 bits per heavy atom. The molecule has 1 aromatic carbocycles. The first-order chi connectivity index (χ1) is 9.70. The Bertz CT molecular complexity index is 505. The molecular formula is C16H23NO4. The lowest BCUT2D eigenvalue weighted by Crippen LogP contribution is -2.49. The van der Waals surface area contributed by atoms with Crippen molar-refractivity contribution in [3.8, 4) is 5.75 Å². The van der Waals surface area contributed by atoms with Crippen LogP contribution in [-0.4, -0.2) is 29.6 Å². The molecule has 116 valence electrons. The number of nitrogens with one attached hydrogen (secondary N) is 1. The zero-order chi connectivity index (χ0) is 16.0. The summed E-state index contributed by atoms with van der Waals surface area (Å²) in [5, 5.41) is 11.7. The third-order valence-electron chi connectivity index (χ3n) is 3.01. The van der Waals surface area contributed by atoms with Crippen LogP contribution in [-0.2, 0) is 9.59 Å². The maximum Gasteiger partial charge on any atom is 0.326 e. The number of carboxylic acid groups (broad SMARTS) is 1. The molecule has 5 heteroatoms. The van der Waals surface area contributed by atoms with Gasteiger partial charge in [0.2, 0.25) is 5.91 Å². The van der Waals surface area contributed by atoms with Crippen LogP contribution in [0, 0.1) is 12.3 Å². The Kier molecular flexibility index (Phi) is 5.76. The summed E-state index contributed by atoms with van der Waals surface area (Å²) in [6.45, 7) is 7.49. The minimum Gasteiger partial charge on any atom is -0.493 e. The molecule has 0 aliphatic carbocycles. The number of hydrogen-bond acceptors (Lipinski definition) is 3. The summed E-state index contributed by atoms with van der Waals surface area (Å²) < 4.78 is 5.48. The fraction of sp³-hybridized carbons (Fsp3) is 0.500. The van der Waals surface area contributed by atoms with Gasteiger partial charge in [0.1, 0.15) is 11.8 Å². The van der Waals surface area contributed by atoms with Crippen molar-refractivity contribution in [3.63, 3.8) is 0 Å². The Morgan fingerprint density at radius 1 is 1.33 bits per heavy atom. The van der Waals surface area contributed by atoms with Crippen molar-refractivity contribution in [2.45, 2.75) is 40.2 Å². The molecule has 0 saturated heterocycles. The van der Waals surface area contributed by atoms with E-state index in [9.17, 15) is 9.59 Å². The number of rotatable bonds is 6. The molecule has 0 heterocycles. The minimum absolute atomic E-state index is 0.119. The number of carboxylic acids is 1. The summed E-state index contributed by atoms with van der Waals surface area (Å²) in [5.41, 5.74) is 0.537. The fourth-order valence-electron chi connectivity index (χ4n) is 1.85. The average Bonchev–Trinajstić information content (AvgIpc) is 2.34. The van der Waals surface area contributed by atoms with Gasteiger partial charge in [0, 0.05) is 0 Å².